The highest BCUT2D eigenvalue weighted by molar-refractivity contribution is 5.32. The number of halogens is 1. The quantitative estimate of drug-likeness (QED) is 0.855. The summed E-state index contributed by atoms with van der Waals surface area (Å²) in [6, 6.07) is 3.86. The zero-order valence-electron chi connectivity index (χ0n) is 10.1. The molecule has 0 atom stereocenters. The number of aromatic hydroxyl groups is 1. The first-order valence-corrected chi connectivity index (χ1v) is 5.80. The lowest BCUT2D eigenvalue weighted by Crippen LogP contribution is -2.13. The van der Waals surface area contributed by atoms with Gasteiger partial charge in [-0.05, 0) is 18.2 Å². The first-order chi connectivity index (χ1) is 8.69. The van der Waals surface area contributed by atoms with E-state index in [-0.39, 0.29) is 11.6 Å². The largest absolute Gasteiger partial charge is 0.508 e. The zero-order valence-corrected chi connectivity index (χ0v) is 10.1. The number of oxazole rings is 1. The zero-order chi connectivity index (χ0) is 13.0. The summed E-state index contributed by atoms with van der Waals surface area (Å²) >= 11 is 0. The SMILES string of the molecule is CCc1cnc(CNCc2cc(F)ccc2O)o1. The van der Waals surface area contributed by atoms with Crippen molar-refractivity contribution in [1.82, 2.24) is 10.3 Å². The first-order valence-electron chi connectivity index (χ1n) is 5.80. The number of phenols is 1. The molecule has 1 aromatic heterocycles. The van der Waals surface area contributed by atoms with Crippen LogP contribution in [-0.2, 0) is 19.5 Å². The highest BCUT2D eigenvalue weighted by Gasteiger charge is 2.05. The van der Waals surface area contributed by atoms with E-state index in [4.69, 9.17) is 4.42 Å². The smallest absolute Gasteiger partial charge is 0.208 e. The van der Waals surface area contributed by atoms with Gasteiger partial charge in [0, 0.05) is 18.5 Å². The monoisotopic (exact) mass is 250 g/mol. The van der Waals surface area contributed by atoms with E-state index in [2.05, 4.69) is 10.3 Å². The number of nitrogens with one attached hydrogen (secondary N) is 1. The number of rotatable bonds is 5. The van der Waals surface area contributed by atoms with Crippen LogP contribution in [0, 0.1) is 5.82 Å². The molecule has 0 aliphatic rings. The maximum Gasteiger partial charge on any atom is 0.208 e. The van der Waals surface area contributed by atoms with Crippen LogP contribution in [0.5, 0.6) is 5.75 Å². The van der Waals surface area contributed by atoms with Crippen molar-refractivity contribution in [3.05, 3.63) is 47.4 Å². The predicted octanol–water partition coefficient (Wildman–Crippen LogP) is 2.37. The third-order valence-corrected chi connectivity index (χ3v) is 2.58. The van der Waals surface area contributed by atoms with Gasteiger partial charge in [0.1, 0.15) is 17.3 Å². The van der Waals surface area contributed by atoms with Crippen molar-refractivity contribution in [3.63, 3.8) is 0 Å². The number of phenolic OH excluding ortho intramolecular Hbond substituents is 1. The Bertz CT molecular complexity index is 525. The average Bonchev–Trinajstić information content (AvgIpc) is 2.81. The fourth-order valence-electron chi connectivity index (χ4n) is 1.59. The van der Waals surface area contributed by atoms with Crippen molar-refractivity contribution in [2.24, 2.45) is 0 Å². The van der Waals surface area contributed by atoms with Crippen LogP contribution in [0.15, 0.2) is 28.8 Å². The van der Waals surface area contributed by atoms with Crippen molar-refractivity contribution in [1.29, 1.82) is 0 Å². The van der Waals surface area contributed by atoms with Gasteiger partial charge in [-0.15, -0.1) is 0 Å². The van der Waals surface area contributed by atoms with E-state index >= 15 is 0 Å². The van der Waals surface area contributed by atoms with Gasteiger partial charge < -0.3 is 14.8 Å². The van der Waals surface area contributed by atoms with Gasteiger partial charge in [-0.1, -0.05) is 6.92 Å². The molecule has 1 heterocycles. The summed E-state index contributed by atoms with van der Waals surface area (Å²) in [6.45, 7) is 2.78. The van der Waals surface area contributed by atoms with E-state index in [9.17, 15) is 9.50 Å². The van der Waals surface area contributed by atoms with E-state index in [1.165, 1.54) is 18.2 Å². The van der Waals surface area contributed by atoms with E-state index in [1.54, 1.807) is 6.20 Å². The van der Waals surface area contributed by atoms with Gasteiger partial charge in [0.05, 0.1) is 12.7 Å². The Hall–Kier alpha value is -1.88. The third kappa shape index (κ3) is 3.07. The second-order valence-corrected chi connectivity index (χ2v) is 3.95. The van der Waals surface area contributed by atoms with Crippen LogP contribution in [-0.4, -0.2) is 10.1 Å². The van der Waals surface area contributed by atoms with E-state index in [0.29, 0.717) is 24.5 Å². The molecule has 0 aliphatic carbocycles. The van der Waals surface area contributed by atoms with Gasteiger partial charge >= 0.3 is 0 Å². The van der Waals surface area contributed by atoms with Crippen LogP contribution in [0.3, 0.4) is 0 Å². The molecule has 1 aromatic carbocycles. The standard InChI is InChI=1S/C13H15FN2O2/c1-2-11-7-16-13(18-11)8-15-6-9-5-10(14)3-4-12(9)17/h3-5,7,15,17H,2,6,8H2,1H3. The van der Waals surface area contributed by atoms with Crippen LogP contribution in [0.2, 0.25) is 0 Å². The Kier molecular flexibility index (Phi) is 3.94. The number of aryl methyl sites for hydroxylation is 1. The molecule has 2 N–H and O–H groups in total. The van der Waals surface area contributed by atoms with Gasteiger partial charge in [-0.25, -0.2) is 9.37 Å². The van der Waals surface area contributed by atoms with Crippen LogP contribution >= 0.6 is 0 Å². The van der Waals surface area contributed by atoms with Gasteiger partial charge in [-0.3, -0.25) is 0 Å². The maximum absolute atomic E-state index is 13.0. The predicted molar refractivity (Wildman–Crippen MR) is 64.5 cm³/mol. The van der Waals surface area contributed by atoms with Crippen molar-refractivity contribution in [2.45, 2.75) is 26.4 Å². The summed E-state index contributed by atoms with van der Waals surface area (Å²) < 4.78 is 18.4. The van der Waals surface area contributed by atoms with E-state index < -0.39 is 0 Å². The van der Waals surface area contributed by atoms with Crippen molar-refractivity contribution >= 4 is 0 Å². The number of hydrogen-bond acceptors (Lipinski definition) is 4. The molecule has 2 rings (SSSR count). The Morgan fingerprint density at radius 1 is 1.39 bits per heavy atom. The topological polar surface area (TPSA) is 58.3 Å². The second kappa shape index (κ2) is 5.64. The molecule has 0 unspecified atom stereocenters. The van der Waals surface area contributed by atoms with Crippen LogP contribution in [0.25, 0.3) is 0 Å². The minimum atomic E-state index is -0.367. The minimum Gasteiger partial charge on any atom is -0.508 e. The van der Waals surface area contributed by atoms with E-state index in [1.807, 2.05) is 6.92 Å². The number of hydrogen-bond donors (Lipinski definition) is 2. The number of nitrogens with zero attached hydrogens (tertiary/aromatic N) is 1. The molecule has 18 heavy (non-hydrogen) atoms. The van der Waals surface area contributed by atoms with Gasteiger partial charge in [0.15, 0.2) is 0 Å². The lowest BCUT2D eigenvalue weighted by molar-refractivity contribution is 0.432. The highest BCUT2D eigenvalue weighted by Crippen LogP contribution is 2.17. The minimum absolute atomic E-state index is 0.0746. The van der Waals surface area contributed by atoms with Gasteiger partial charge in [-0.2, -0.15) is 0 Å². The first kappa shape index (κ1) is 12.6. The Balaban J connectivity index is 1.90. The molecule has 0 radical (unpaired) electrons. The molecule has 0 amide bonds. The van der Waals surface area contributed by atoms with Crippen LogP contribution in [0.4, 0.5) is 4.39 Å². The van der Waals surface area contributed by atoms with Gasteiger partial charge in [0.2, 0.25) is 5.89 Å². The molecule has 0 saturated carbocycles. The Labute approximate surface area is 104 Å². The average molecular weight is 250 g/mol. The van der Waals surface area contributed by atoms with Crippen molar-refractivity contribution < 1.29 is 13.9 Å². The van der Waals surface area contributed by atoms with Gasteiger partial charge in [0.25, 0.3) is 0 Å². The summed E-state index contributed by atoms with van der Waals surface area (Å²) in [5, 5.41) is 12.6. The molecule has 0 fully saturated rings. The Morgan fingerprint density at radius 2 is 2.22 bits per heavy atom. The summed E-state index contributed by atoms with van der Waals surface area (Å²) in [6.07, 6.45) is 2.49. The van der Waals surface area contributed by atoms with Crippen molar-refractivity contribution in [3.8, 4) is 5.75 Å². The van der Waals surface area contributed by atoms with Crippen LogP contribution < -0.4 is 5.32 Å². The molecule has 0 saturated heterocycles. The molecular weight excluding hydrogens is 235 g/mol. The Morgan fingerprint density at radius 3 is 2.94 bits per heavy atom. The summed E-state index contributed by atoms with van der Waals surface area (Å²) in [5.74, 6) is 1.13. The molecule has 96 valence electrons. The molecule has 0 aliphatic heterocycles. The molecule has 0 spiro atoms. The summed E-state index contributed by atoms with van der Waals surface area (Å²) in [4.78, 5) is 4.09. The fraction of sp³-hybridized carbons (Fsp3) is 0.308. The molecule has 5 heteroatoms. The fourth-order valence-corrected chi connectivity index (χ4v) is 1.59. The lowest BCUT2D eigenvalue weighted by Gasteiger charge is -2.05. The molecule has 0 bridgehead atoms. The van der Waals surface area contributed by atoms with Crippen LogP contribution in [0.1, 0.15) is 24.1 Å². The van der Waals surface area contributed by atoms with E-state index in [0.717, 1.165) is 12.2 Å². The molecule has 4 nitrogen and oxygen atoms in total. The summed E-state index contributed by atoms with van der Waals surface area (Å²) in [5.41, 5.74) is 0.511. The summed E-state index contributed by atoms with van der Waals surface area (Å²) in [7, 11) is 0. The van der Waals surface area contributed by atoms with Crippen molar-refractivity contribution in [2.75, 3.05) is 0 Å². The maximum atomic E-state index is 13.0. The lowest BCUT2D eigenvalue weighted by atomic mass is 10.2. The normalized spacial score (nSPS) is 10.8. The highest BCUT2D eigenvalue weighted by atomic mass is 19.1. The second-order valence-electron chi connectivity index (χ2n) is 3.95. The number of aromatic nitrogens is 1. The third-order valence-electron chi connectivity index (χ3n) is 2.58. The molecular formula is C13H15FN2O2. The molecule has 2 aromatic rings. The number of benzene rings is 1.